The number of rotatable bonds is 6. The van der Waals surface area contributed by atoms with Gasteiger partial charge < -0.3 is 15.4 Å². The number of amides is 1. The summed E-state index contributed by atoms with van der Waals surface area (Å²) in [7, 11) is 1.60. The Balaban J connectivity index is 2.84. The summed E-state index contributed by atoms with van der Waals surface area (Å²) in [6.07, 6.45) is 0. The molecule has 0 spiro atoms. The van der Waals surface area contributed by atoms with Gasteiger partial charge in [-0.05, 0) is 31.2 Å². The van der Waals surface area contributed by atoms with Crippen molar-refractivity contribution in [3.8, 4) is 5.75 Å². The van der Waals surface area contributed by atoms with E-state index in [2.05, 4.69) is 26.6 Å². The van der Waals surface area contributed by atoms with Crippen LogP contribution in [-0.2, 0) is 4.79 Å². The van der Waals surface area contributed by atoms with Gasteiger partial charge in [-0.25, -0.2) is 0 Å². The second kappa shape index (κ2) is 7.50. The molecule has 0 bridgehead atoms. The number of aryl methyl sites for hydroxylation is 1. The van der Waals surface area contributed by atoms with Crippen LogP contribution in [0.1, 0.15) is 19.4 Å². The molecule has 1 aromatic rings. The van der Waals surface area contributed by atoms with Gasteiger partial charge in [-0.1, -0.05) is 29.8 Å². The molecule has 1 atom stereocenters. The lowest BCUT2D eigenvalue weighted by Gasteiger charge is -2.17. The summed E-state index contributed by atoms with van der Waals surface area (Å²) < 4.78 is 6.24. The molecule has 0 aliphatic rings. The molecule has 0 aromatic heterocycles. The zero-order chi connectivity index (χ0) is 14.4. The summed E-state index contributed by atoms with van der Waals surface area (Å²) in [5.74, 6) is 0.563. The van der Waals surface area contributed by atoms with E-state index in [9.17, 15) is 4.79 Å². The zero-order valence-corrected chi connectivity index (χ0v) is 13.4. The van der Waals surface area contributed by atoms with Gasteiger partial charge in [0.15, 0.2) is 0 Å². The molecule has 4 nitrogen and oxygen atoms in total. The first-order valence-electron chi connectivity index (χ1n) is 6.35. The van der Waals surface area contributed by atoms with Gasteiger partial charge in [0.25, 0.3) is 0 Å². The molecule has 106 valence electrons. The topological polar surface area (TPSA) is 50.4 Å². The lowest BCUT2D eigenvalue weighted by molar-refractivity contribution is -0.119. The summed E-state index contributed by atoms with van der Waals surface area (Å²) in [5.41, 5.74) is 1.70. The summed E-state index contributed by atoms with van der Waals surface area (Å²) >= 11 is 3.41. The fourth-order valence-corrected chi connectivity index (χ4v) is 2.28. The number of methoxy groups -OCH3 is 1. The number of nitrogens with one attached hydrogen (secondary N) is 2. The minimum Gasteiger partial charge on any atom is -0.495 e. The van der Waals surface area contributed by atoms with Crippen molar-refractivity contribution < 1.29 is 9.53 Å². The van der Waals surface area contributed by atoms with E-state index in [0.717, 1.165) is 22.3 Å². The van der Waals surface area contributed by atoms with Gasteiger partial charge in [-0.15, -0.1) is 0 Å². The molecular formula is C14H21BrN2O2. The van der Waals surface area contributed by atoms with Crippen LogP contribution < -0.4 is 15.4 Å². The van der Waals surface area contributed by atoms with E-state index >= 15 is 0 Å². The molecule has 0 radical (unpaired) electrons. The normalized spacial score (nSPS) is 12.1. The van der Waals surface area contributed by atoms with Crippen LogP contribution in [0.5, 0.6) is 5.75 Å². The molecule has 2 N–H and O–H groups in total. The van der Waals surface area contributed by atoms with Crippen LogP contribution in [0.3, 0.4) is 0 Å². The number of hydrogen-bond acceptors (Lipinski definition) is 3. The SMILES string of the molecule is CCNCC(C)C(=O)Nc1c(C)cc(Br)cc1OC. The summed E-state index contributed by atoms with van der Waals surface area (Å²) in [5, 5.41) is 6.11. The maximum Gasteiger partial charge on any atom is 0.228 e. The highest BCUT2D eigenvalue weighted by molar-refractivity contribution is 9.10. The summed E-state index contributed by atoms with van der Waals surface area (Å²) in [6, 6.07) is 3.80. The van der Waals surface area contributed by atoms with Gasteiger partial charge in [-0.2, -0.15) is 0 Å². The van der Waals surface area contributed by atoms with E-state index in [-0.39, 0.29) is 11.8 Å². The predicted molar refractivity (Wildman–Crippen MR) is 81.8 cm³/mol. The Labute approximate surface area is 123 Å². The third-order valence-electron chi connectivity index (χ3n) is 2.88. The second-order valence-corrected chi connectivity index (χ2v) is 5.41. The Morgan fingerprint density at radius 2 is 2.16 bits per heavy atom. The smallest absolute Gasteiger partial charge is 0.228 e. The molecule has 0 fully saturated rings. The monoisotopic (exact) mass is 328 g/mol. The average molecular weight is 329 g/mol. The fourth-order valence-electron chi connectivity index (χ4n) is 1.73. The van der Waals surface area contributed by atoms with Crippen LogP contribution in [0.2, 0.25) is 0 Å². The first-order chi connectivity index (χ1) is 8.99. The second-order valence-electron chi connectivity index (χ2n) is 4.50. The molecule has 0 aliphatic carbocycles. The van der Waals surface area contributed by atoms with E-state index in [1.807, 2.05) is 32.9 Å². The highest BCUT2D eigenvalue weighted by atomic mass is 79.9. The molecule has 19 heavy (non-hydrogen) atoms. The maximum absolute atomic E-state index is 12.1. The molecule has 1 unspecified atom stereocenters. The van der Waals surface area contributed by atoms with Crippen LogP contribution >= 0.6 is 15.9 Å². The Kier molecular flexibility index (Phi) is 6.31. The van der Waals surface area contributed by atoms with Crippen molar-refractivity contribution in [3.05, 3.63) is 22.2 Å². The van der Waals surface area contributed by atoms with Crippen molar-refractivity contribution >= 4 is 27.5 Å². The first kappa shape index (κ1) is 16.0. The van der Waals surface area contributed by atoms with Gasteiger partial charge in [0.05, 0.1) is 12.8 Å². The average Bonchev–Trinajstić information content (AvgIpc) is 2.38. The van der Waals surface area contributed by atoms with Crippen LogP contribution in [0.25, 0.3) is 0 Å². The van der Waals surface area contributed by atoms with Crippen molar-refractivity contribution in [2.45, 2.75) is 20.8 Å². The third-order valence-corrected chi connectivity index (χ3v) is 3.34. The van der Waals surface area contributed by atoms with Gasteiger partial charge in [-0.3, -0.25) is 4.79 Å². The molecule has 0 saturated carbocycles. The Hall–Kier alpha value is -1.07. The van der Waals surface area contributed by atoms with Crippen molar-refractivity contribution in [1.82, 2.24) is 5.32 Å². The third kappa shape index (κ3) is 4.51. The van der Waals surface area contributed by atoms with Crippen LogP contribution in [0.15, 0.2) is 16.6 Å². The first-order valence-corrected chi connectivity index (χ1v) is 7.14. The standard InChI is InChI=1S/C14H21BrN2O2/c1-5-16-8-10(3)14(18)17-13-9(2)6-11(15)7-12(13)19-4/h6-7,10,16H,5,8H2,1-4H3,(H,17,18). The fraction of sp³-hybridized carbons (Fsp3) is 0.500. The number of benzene rings is 1. The van der Waals surface area contributed by atoms with Gasteiger partial charge in [0.2, 0.25) is 5.91 Å². The molecule has 0 saturated heterocycles. The molecule has 0 aliphatic heterocycles. The van der Waals surface area contributed by atoms with Crippen LogP contribution in [0.4, 0.5) is 5.69 Å². The lowest BCUT2D eigenvalue weighted by Crippen LogP contribution is -2.30. The predicted octanol–water partition coefficient (Wildman–Crippen LogP) is 2.95. The number of hydrogen-bond donors (Lipinski definition) is 2. The largest absolute Gasteiger partial charge is 0.495 e. The number of anilines is 1. The Bertz CT molecular complexity index is 449. The van der Waals surface area contributed by atoms with Crippen molar-refractivity contribution in [3.63, 3.8) is 0 Å². The van der Waals surface area contributed by atoms with E-state index in [0.29, 0.717) is 12.3 Å². The van der Waals surface area contributed by atoms with E-state index in [4.69, 9.17) is 4.74 Å². The van der Waals surface area contributed by atoms with Gasteiger partial charge in [0, 0.05) is 16.9 Å². The number of carbonyl (C=O) groups is 1. The maximum atomic E-state index is 12.1. The number of halogens is 1. The number of carbonyl (C=O) groups excluding carboxylic acids is 1. The molecule has 1 aromatic carbocycles. The summed E-state index contributed by atoms with van der Waals surface area (Å²) in [6.45, 7) is 7.39. The highest BCUT2D eigenvalue weighted by Gasteiger charge is 2.16. The Morgan fingerprint density at radius 3 is 2.74 bits per heavy atom. The molecule has 1 rings (SSSR count). The van der Waals surface area contributed by atoms with Crippen molar-refractivity contribution in [2.75, 3.05) is 25.5 Å². The van der Waals surface area contributed by atoms with Gasteiger partial charge in [0.1, 0.15) is 5.75 Å². The van der Waals surface area contributed by atoms with Gasteiger partial charge >= 0.3 is 0 Å². The zero-order valence-electron chi connectivity index (χ0n) is 11.8. The molecule has 1 amide bonds. The lowest BCUT2D eigenvalue weighted by atomic mass is 10.1. The minimum absolute atomic E-state index is 0.00956. The quantitative estimate of drug-likeness (QED) is 0.844. The van der Waals surface area contributed by atoms with Crippen molar-refractivity contribution in [1.29, 1.82) is 0 Å². The van der Waals surface area contributed by atoms with Crippen LogP contribution in [-0.4, -0.2) is 26.1 Å². The summed E-state index contributed by atoms with van der Waals surface area (Å²) in [4.78, 5) is 12.1. The highest BCUT2D eigenvalue weighted by Crippen LogP contribution is 2.32. The molecule has 5 heteroatoms. The Morgan fingerprint density at radius 1 is 1.47 bits per heavy atom. The van der Waals surface area contributed by atoms with E-state index in [1.54, 1.807) is 7.11 Å². The van der Waals surface area contributed by atoms with Crippen LogP contribution in [0, 0.1) is 12.8 Å². The van der Waals surface area contributed by atoms with Crippen molar-refractivity contribution in [2.24, 2.45) is 5.92 Å². The molecular weight excluding hydrogens is 308 g/mol. The van der Waals surface area contributed by atoms with E-state index < -0.39 is 0 Å². The minimum atomic E-state index is -0.0901. The van der Waals surface area contributed by atoms with E-state index in [1.165, 1.54) is 0 Å². The molecule has 0 heterocycles. The number of ether oxygens (including phenoxy) is 1.